The second kappa shape index (κ2) is 8.33. The average Bonchev–Trinajstić information content (AvgIpc) is 2.74. The second-order valence-electron chi connectivity index (χ2n) is 6.53. The van der Waals surface area contributed by atoms with Crippen LogP contribution < -0.4 is 15.7 Å². The van der Waals surface area contributed by atoms with Gasteiger partial charge in [-0.2, -0.15) is 0 Å². The van der Waals surface area contributed by atoms with E-state index in [-0.39, 0.29) is 10.6 Å². The van der Waals surface area contributed by atoms with Gasteiger partial charge in [-0.3, -0.25) is 4.72 Å². The van der Waals surface area contributed by atoms with Crippen molar-refractivity contribution < 1.29 is 12.8 Å². The number of hydrogen-bond donors (Lipinski definition) is 2. The van der Waals surface area contributed by atoms with Crippen LogP contribution in [-0.4, -0.2) is 8.42 Å². The lowest BCUT2D eigenvalue weighted by atomic mass is 10.1. The summed E-state index contributed by atoms with van der Waals surface area (Å²) in [6, 6.07) is 22.7. The summed E-state index contributed by atoms with van der Waals surface area (Å²) in [7, 11) is -4.00. The maximum absolute atomic E-state index is 12.9. The maximum atomic E-state index is 12.9. The highest BCUT2D eigenvalue weighted by atomic mass is 79.9. The number of sulfonamides is 1. The van der Waals surface area contributed by atoms with Crippen LogP contribution in [-0.2, 0) is 16.6 Å². The number of para-hydroxylation sites is 1. The Balaban J connectivity index is 1.79. The summed E-state index contributed by atoms with van der Waals surface area (Å²) < 4.78 is 34.3. The van der Waals surface area contributed by atoms with E-state index in [0.29, 0.717) is 23.2 Å². The molecule has 8 heteroatoms. The molecule has 30 heavy (non-hydrogen) atoms. The lowest BCUT2D eigenvalue weighted by Gasteiger charge is -2.15. The van der Waals surface area contributed by atoms with E-state index < -0.39 is 15.6 Å². The van der Waals surface area contributed by atoms with Gasteiger partial charge in [0.15, 0.2) is 5.69 Å². The third kappa shape index (κ3) is 4.24. The molecule has 0 atom stereocenters. The number of benzene rings is 3. The molecular weight excluding hydrogens is 468 g/mol. The van der Waals surface area contributed by atoms with Crippen LogP contribution in [0.1, 0.15) is 5.56 Å². The highest BCUT2D eigenvalue weighted by molar-refractivity contribution is 9.10. The number of halogens is 1. The monoisotopic (exact) mass is 484 g/mol. The molecule has 0 aliphatic carbocycles. The lowest BCUT2D eigenvalue weighted by molar-refractivity contribution is 0.563. The molecule has 0 aliphatic heterocycles. The Labute approximate surface area is 181 Å². The molecule has 0 radical (unpaired) electrons. The number of fused-ring (bicyclic) bond motifs is 1. The maximum Gasteiger partial charge on any atom is 0.363 e. The molecule has 0 amide bonds. The van der Waals surface area contributed by atoms with Crippen molar-refractivity contribution in [1.29, 1.82) is 0 Å². The van der Waals surface area contributed by atoms with Gasteiger partial charge in [0.05, 0.1) is 10.6 Å². The first-order valence-corrected chi connectivity index (χ1v) is 11.3. The van der Waals surface area contributed by atoms with Gasteiger partial charge in [0.25, 0.3) is 10.0 Å². The quantitative estimate of drug-likeness (QED) is 0.377. The molecule has 1 heterocycles. The predicted octanol–water partition coefficient (Wildman–Crippen LogP) is 4.97. The van der Waals surface area contributed by atoms with Gasteiger partial charge in [0.2, 0.25) is 0 Å². The van der Waals surface area contributed by atoms with Crippen LogP contribution in [0.4, 0.5) is 11.4 Å². The predicted molar refractivity (Wildman–Crippen MR) is 121 cm³/mol. The minimum atomic E-state index is -4.00. The zero-order chi connectivity index (χ0) is 21.1. The summed E-state index contributed by atoms with van der Waals surface area (Å²) in [5, 5.41) is 3.80. The fourth-order valence-corrected chi connectivity index (χ4v) is 4.35. The Kier molecular flexibility index (Phi) is 5.61. The van der Waals surface area contributed by atoms with Crippen molar-refractivity contribution in [2.24, 2.45) is 0 Å². The van der Waals surface area contributed by atoms with Crippen molar-refractivity contribution in [3.8, 4) is 0 Å². The molecule has 0 fully saturated rings. The average molecular weight is 485 g/mol. The van der Waals surface area contributed by atoms with Crippen molar-refractivity contribution in [3.63, 3.8) is 0 Å². The first-order valence-electron chi connectivity index (χ1n) is 9.06. The third-order valence-corrected chi connectivity index (χ3v) is 6.38. The molecule has 0 saturated carbocycles. The SMILES string of the molecule is O=c1oc2ccccc2c(NCc2ccccc2)c1NS(=O)(=O)c1ccc(Br)cc1. The van der Waals surface area contributed by atoms with Crippen LogP contribution in [0.2, 0.25) is 0 Å². The zero-order valence-electron chi connectivity index (χ0n) is 15.6. The van der Waals surface area contributed by atoms with Crippen LogP contribution in [0.15, 0.2) is 97.4 Å². The van der Waals surface area contributed by atoms with E-state index in [1.54, 1.807) is 36.4 Å². The van der Waals surface area contributed by atoms with Gasteiger partial charge in [-0.1, -0.05) is 58.4 Å². The van der Waals surface area contributed by atoms with Crippen LogP contribution in [0.25, 0.3) is 11.0 Å². The Bertz CT molecular complexity index is 1350. The van der Waals surface area contributed by atoms with Crippen molar-refractivity contribution >= 4 is 48.3 Å². The lowest BCUT2D eigenvalue weighted by Crippen LogP contribution is -2.20. The van der Waals surface area contributed by atoms with E-state index in [9.17, 15) is 13.2 Å². The number of rotatable bonds is 6. The molecule has 0 aliphatic rings. The third-order valence-electron chi connectivity index (χ3n) is 4.49. The van der Waals surface area contributed by atoms with Gasteiger partial charge in [-0.15, -0.1) is 0 Å². The topological polar surface area (TPSA) is 88.4 Å². The minimum Gasteiger partial charge on any atom is -0.421 e. The van der Waals surface area contributed by atoms with Crippen molar-refractivity contribution in [2.75, 3.05) is 10.0 Å². The molecule has 0 saturated heterocycles. The Morgan fingerprint density at radius 2 is 1.50 bits per heavy atom. The highest BCUT2D eigenvalue weighted by Crippen LogP contribution is 2.30. The highest BCUT2D eigenvalue weighted by Gasteiger charge is 2.21. The summed E-state index contributed by atoms with van der Waals surface area (Å²) in [5.74, 6) is 0. The summed E-state index contributed by atoms with van der Waals surface area (Å²) in [4.78, 5) is 12.7. The van der Waals surface area contributed by atoms with Crippen molar-refractivity contribution in [2.45, 2.75) is 11.4 Å². The smallest absolute Gasteiger partial charge is 0.363 e. The normalized spacial score (nSPS) is 11.4. The second-order valence-corrected chi connectivity index (χ2v) is 9.13. The van der Waals surface area contributed by atoms with Crippen LogP contribution >= 0.6 is 15.9 Å². The van der Waals surface area contributed by atoms with E-state index in [1.165, 1.54) is 12.1 Å². The van der Waals surface area contributed by atoms with E-state index in [2.05, 4.69) is 26.0 Å². The molecule has 1 aromatic heterocycles. The Morgan fingerprint density at radius 3 is 2.23 bits per heavy atom. The molecule has 6 nitrogen and oxygen atoms in total. The van der Waals surface area contributed by atoms with E-state index >= 15 is 0 Å². The van der Waals surface area contributed by atoms with Crippen molar-refractivity contribution in [1.82, 2.24) is 0 Å². The molecule has 0 spiro atoms. The van der Waals surface area contributed by atoms with Gasteiger partial charge < -0.3 is 9.73 Å². The molecule has 2 N–H and O–H groups in total. The largest absolute Gasteiger partial charge is 0.421 e. The Hall–Kier alpha value is -3.10. The molecule has 4 aromatic rings. The fourth-order valence-electron chi connectivity index (χ4n) is 3.02. The van der Waals surface area contributed by atoms with Crippen LogP contribution in [0, 0.1) is 0 Å². The molecule has 0 unspecified atom stereocenters. The van der Waals surface area contributed by atoms with Crippen LogP contribution in [0.3, 0.4) is 0 Å². The first-order chi connectivity index (χ1) is 14.4. The zero-order valence-corrected chi connectivity index (χ0v) is 18.0. The van der Waals surface area contributed by atoms with Crippen molar-refractivity contribution in [3.05, 3.63) is 99.3 Å². The van der Waals surface area contributed by atoms with Gasteiger partial charge in [0, 0.05) is 16.4 Å². The summed E-state index contributed by atoms with van der Waals surface area (Å²) >= 11 is 3.28. The molecular formula is C22H17BrN2O4S. The standard InChI is InChI=1S/C22H17BrN2O4S/c23-16-10-12-17(13-11-16)30(27,28)25-21-20(24-14-15-6-2-1-3-7-15)18-8-4-5-9-19(18)29-22(21)26/h1-13,24-25H,14H2. The van der Waals surface area contributed by atoms with Crippen LogP contribution in [0.5, 0.6) is 0 Å². The number of hydrogen-bond acceptors (Lipinski definition) is 5. The molecule has 3 aromatic carbocycles. The minimum absolute atomic E-state index is 0.0345. The fraction of sp³-hybridized carbons (Fsp3) is 0.0455. The molecule has 0 bridgehead atoms. The summed E-state index contributed by atoms with van der Waals surface area (Å²) in [6.45, 7) is 0.404. The van der Waals surface area contributed by atoms with Gasteiger partial charge in [-0.05, 0) is 42.0 Å². The Morgan fingerprint density at radius 1 is 0.833 bits per heavy atom. The van der Waals surface area contributed by atoms with Gasteiger partial charge in [-0.25, -0.2) is 13.2 Å². The summed E-state index contributed by atoms with van der Waals surface area (Å²) in [5.41, 5.74) is 0.782. The van der Waals surface area contributed by atoms with E-state index in [1.807, 2.05) is 30.3 Å². The van der Waals surface area contributed by atoms with Gasteiger partial charge >= 0.3 is 5.63 Å². The van der Waals surface area contributed by atoms with E-state index in [0.717, 1.165) is 10.0 Å². The number of anilines is 2. The molecule has 4 rings (SSSR count). The van der Waals surface area contributed by atoms with E-state index in [4.69, 9.17) is 4.42 Å². The summed E-state index contributed by atoms with van der Waals surface area (Å²) in [6.07, 6.45) is 0. The van der Waals surface area contributed by atoms with Gasteiger partial charge in [0.1, 0.15) is 5.58 Å². The number of nitrogens with one attached hydrogen (secondary N) is 2. The molecule has 152 valence electrons. The first kappa shape index (κ1) is 20.2.